The minimum Gasteiger partial charge on any atom is -0.465 e. The van der Waals surface area contributed by atoms with Crippen molar-refractivity contribution in [3.63, 3.8) is 0 Å². The first-order valence-electron chi connectivity index (χ1n) is 9.19. The molecule has 1 aromatic heterocycles. The Hall–Kier alpha value is -4.53. The van der Waals surface area contributed by atoms with Crippen LogP contribution in [0.25, 0.3) is 22.4 Å². The van der Waals surface area contributed by atoms with Crippen LogP contribution in [0.2, 0.25) is 0 Å². The molecule has 1 heterocycles. The third-order valence-electron chi connectivity index (χ3n) is 4.62. The molecule has 0 aliphatic rings. The number of nitrogens with zero attached hydrogens (tertiary/aromatic N) is 2. The number of imidazole rings is 1. The van der Waals surface area contributed by atoms with Crippen LogP contribution in [0.1, 0.15) is 20.7 Å². The van der Waals surface area contributed by atoms with Crippen LogP contribution < -0.4 is 5.32 Å². The van der Waals surface area contributed by atoms with Crippen molar-refractivity contribution in [1.82, 2.24) is 9.97 Å². The number of carbonyl (C=O) groups is 2. The van der Waals surface area contributed by atoms with E-state index in [1.165, 1.54) is 6.07 Å². The third kappa shape index (κ3) is 4.10. The predicted octanol–water partition coefficient (Wildman–Crippen LogP) is 4.18. The summed E-state index contributed by atoms with van der Waals surface area (Å²) in [5.74, 6) is -0.668. The summed E-state index contributed by atoms with van der Waals surface area (Å²) >= 11 is 0. The summed E-state index contributed by atoms with van der Waals surface area (Å²) in [6.07, 6.45) is 0. The molecule has 0 spiro atoms. The highest BCUT2D eigenvalue weighted by molar-refractivity contribution is 6.06. The van der Waals surface area contributed by atoms with Gasteiger partial charge in [0.25, 0.3) is 11.6 Å². The highest BCUT2D eigenvalue weighted by atomic mass is 16.6. The molecule has 154 valence electrons. The SMILES string of the molecule is COC(=O)c1cc(C(=O)Nc2ccc(-c3nc4ccccc4[nH]3)cc2)cc([N+](=O)[O-])c1. The van der Waals surface area contributed by atoms with Gasteiger partial charge in [-0.2, -0.15) is 0 Å². The molecule has 0 saturated heterocycles. The number of hydrogen-bond donors (Lipinski definition) is 2. The van der Waals surface area contributed by atoms with Gasteiger partial charge in [-0.1, -0.05) is 12.1 Å². The number of H-pyrrole nitrogens is 1. The van der Waals surface area contributed by atoms with Gasteiger partial charge in [-0.05, 0) is 42.5 Å². The maximum Gasteiger partial charge on any atom is 0.338 e. The highest BCUT2D eigenvalue weighted by Crippen LogP contribution is 2.23. The Morgan fingerprint density at radius 2 is 1.74 bits per heavy atom. The standard InChI is InChI=1S/C22H16N4O5/c1-31-22(28)15-10-14(11-17(12-15)26(29)30)21(27)23-16-8-6-13(7-9-16)20-24-18-4-2-3-5-19(18)25-20/h2-12H,1H3,(H,23,27)(H,24,25). The maximum absolute atomic E-state index is 12.6. The molecule has 0 aliphatic heterocycles. The molecule has 9 nitrogen and oxygen atoms in total. The van der Waals surface area contributed by atoms with Crippen LogP contribution in [0.4, 0.5) is 11.4 Å². The van der Waals surface area contributed by atoms with E-state index in [1.807, 2.05) is 24.3 Å². The number of amides is 1. The largest absolute Gasteiger partial charge is 0.465 e. The van der Waals surface area contributed by atoms with Crippen LogP contribution in [0.5, 0.6) is 0 Å². The molecule has 0 bridgehead atoms. The molecule has 0 radical (unpaired) electrons. The first kappa shape index (κ1) is 19.8. The van der Waals surface area contributed by atoms with Gasteiger partial charge in [0.1, 0.15) is 5.82 Å². The number of para-hydroxylation sites is 2. The highest BCUT2D eigenvalue weighted by Gasteiger charge is 2.18. The van der Waals surface area contributed by atoms with Crippen molar-refractivity contribution in [3.05, 3.63) is 88.0 Å². The lowest BCUT2D eigenvalue weighted by molar-refractivity contribution is -0.384. The number of hydrogen-bond acceptors (Lipinski definition) is 6. The predicted molar refractivity (Wildman–Crippen MR) is 114 cm³/mol. The summed E-state index contributed by atoms with van der Waals surface area (Å²) < 4.78 is 4.60. The van der Waals surface area contributed by atoms with E-state index in [2.05, 4.69) is 20.0 Å². The number of nitrogens with one attached hydrogen (secondary N) is 2. The van der Waals surface area contributed by atoms with Crippen molar-refractivity contribution >= 4 is 34.3 Å². The van der Waals surface area contributed by atoms with Crippen LogP contribution in [-0.4, -0.2) is 33.9 Å². The normalized spacial score (nSPS) is 10.6. The van der Waals surface area contributed by atoms with Crippen LogP contribution in [0.15, 0.2) is 66.7 Å². The van der Waals surface area contributed by atoms with Crippen LogP contribution in [-0.2, 0) is 4.74 Å². The van der Waals surface area contributed by atoms with E-state index in [1.54, 1.807) is 24.3 Å². The molecule has 0 fully saturated rings. The Bertz CT molecular complexity index is 1280. The van der Waals surface area contributed by atoms with Crippen molar-refractivity contribution in [3.8, 4) is 11.4 Å². The fraction of sp³-hybridized carbons (Fsp3) is 0.0455. The number of carbonyl (C=O) groups excluding carboxylic acids is 2. The van der Waals surface area contributed by atoms with Crippen molar-refractivity contribution in [2.45, 2.75) is 0 Å². The fourth-order valence-electron chi connectivity index (χ4n) is 3.09. The van der Waals surface area contributed by atoms with E-state index in [9.17, 15) is 19.7 Å². The lowest BCUT2D eigenvalue weighted by atomic mass is 10.1. The minimum absolute atomic E-state index is 0.0315. The van der Waals surface area contributed by atoms with Crippen LogP contribution in [0.3, 0.4) is 0 Å². The van der Waals surface area contributed by atoms with E-state index in [0.29, 0.717) is 11.5 Å². The van der Waals surface area contributed by atoms with Gasteiger partial charge < -0.3 is 15.0 Å². The van der Waals surface area contributed by atoms with Crippen molar-refractivity contribution in [2.75, 3.05) is 12.4 Å². The van der Waals surface area contributed by atoms with Crippen LogP contribution in [0, 0.1) is 10.1 Å². The second kappa shape index (κ2) is 8.07. The van der Waals surface area contributed by atoms with Gasteiger partial charge in [0.2, 0.25) is 0 Å². The molecular formula is C22H16N4O5. The quantitative estimate of drug-likeness (QED) is 0.285. The summed E-state index contributed by atoms with van der Waals surface area (Å²) in [6.45, 7) is 0. The van der Waals surface area contributed by atoms with E-state index in [0.717, 1.165) is 35.8 Å². The molecule has 2 N–H and O–H groups in total. The van der Waals surface area contributed by atoms with Crippen molar-refractivity contribution in [2.24, 2.45) is 0 Å². The number of nitro benzene ring substituents is 1. The number of nitro groups is 1. The number of ether oxygens (including phenoxy) is 1. The Kier molecular flexibility index (Phi) is 5.15. The second-order valence-corrected chi connectivity index (χ2v) is 6.65. The average Bonchev–Trinajstić information content (AvgIpc) is 3.23. The number of esters is 1. The van der Waals surface area contributed by atoms with Crippen molar-refractivity contribution < 1.29 is 19.2 Å². The van der Waals surface area contributed by atoms with Gasteiger partial charge in [-0.3, -0.25) is 14.9 Å². The Morgan fingerprint density at radius 1 is 1.03 bits per heavy atom. The lowest BCUT2D eigenvalue weighted by Gasteiger charge is -2.07. The molecule has 0 saturated carbocycles. The second-order valence-electron chi connectivity index (χ2n) is 6.65. The molecule has 1 amide bonds. The Morgan fingerprint density at radius 3 is 2.42 bits per heavy atom. The first-order valence-corrected chi connectivity index (χ1v) is 9.19. The number of rotatable bonds is 5. The van der Waals surface area contributed by atoms with E-state index in [-0.39, 0.29) is 16.8 Å². The number of non-ortho nitro benzene ring substituents is 1. The molecular weight excluding hydrogens is 400 g/mol. The van der Waals surface area contributed by atoms with E-state index >= 15 is 0 Å². The molecule has 0 unspecified atom stereocenters. The number of fused-ring (bicyclic) bond motifs is 1. The Labute approximate surface area is 175 Å². The van der Waals surface area contributed by atoms with Crippen LogP contribution >= 0.6 is 0 Å². The zero-order valence-electron chi connectivity index (χ0n) is 16.3. The summed E-state index contributed by atoms with van der Waals surface area (Å²) in [7, 11) is 1.16. The fourth-order valence-corrected chi connectivity index (χ4v) is 3.09. The summed E-state index contributed by atoms with van der Waals surface area (Å²) in [4.78, 5) is 42.6. The molecule has 3 aromatic carbocycles. The number of benzene rings is 3. The maximum atomic E-state index is 12.6. The van der Waals surface area contributed by atoms with Crippen molar-refractivity contribution in [1.29, 1.82) is 0 Å². The lowest BCUT2D eigenvalue weighted by Crippen LogP contribution is -2.14. The zero-order chi connectivity index (χ0) is 22.0. The zero-order valence-corrected chi connectivity index (χ0v) is 16.3. The number of aromatic nitrogens is 2. The van der Waals surface area contributed by atoms with Gasteiger partial charge in [-0.25, -0.2) is 9.78 Å². The summed E-state index contributed by atoms with van der Waals surface area (Å²) in [5.41, 5.74) is 2.59. The summed E-state index contributed by atoms with van der Waals surface area (Å²) in [6, 6.07) is 18.0. The monoisotopic (exact) mass is 416 g/mol. The number of anilines is 1. The molecule has 31 heavy (non-hydrogen) atoms. The average molecular weight is 416 g/mol. The topological polar surface area (TPSA) is 127 Å². The van der Waals surface area contributed by atoms with Gasteiger partial charge >= 0.3 is 5.97 Å². The molecule has 0 aliphatic carbocycles. The van der Waals surface area contributed by atoms with Gasteiger partial charge in [0.05, 0.1) is 28.6 Å². The smallest absolute Gasteiger partial charge is 0.338 e. The molecule has 4 rings (SSSR count). The van der Waals surface area contributed by atoms with Gasteiger partial charge in [-0.15, -0.1) is 0 Å². The molecule has 9 heteroatoms. The van der Waals surface area contributed by atoms with E-state index in [4.69, 9.17) is 0 Å². The van der Waals surface area contributed by atoms with E-state index < -0.39 is 16.8 Å². The van der Waals surface area contributed by atoms with Gasteiger partial charge in [0, 0.05) is 28.9 Å². The summed E-state index contributed by atoms with van der Waals surface area (Å²) in [5, 5.41) is 13.8. The number of aromatic amines is 1. The first-order chi connectivity index (χ1) is 14.9. The Balaban J connectivity index is 1.56. The third-order valence-corrected chi connectivity index (χ3v) is 4.62. The molecule has 4 aromatic rings. The minimum atomic E-state index is -0.770. The van der Waals surface area contributed by atoms with Gasteiger partial charge in [0.15, 0.2) is 0 Å². The molecule has 0 atom stereocenters. The number of methoxy groups -OCH3 is 1.